The first kappa shape index (κ1) is 18.2. The van der Waals surface area contributed by atoms with Crippen LogP contribution in [0.3, 0.4) is 0 Å². The fraction of sp³-hybridized carbons (Fsp3) is 0.562. The van der Waals surface area contributed by atoms with Gasteiger partial charge in [-0.05, 0) is 31.0 Å². The van der Waals surface area contributed by atoms with Crippen molar-refractivity contribution in [3.63, 3.8) is 0 Å². The summed E-state index contributed by atoms with van der Waals surface area (Å²) in [7, 11) is -4.01. The maximum atomic E-state index is 12.8. The molecular formula is C16H19F3N2O3S. The van der Waals surface area contributed by atoms with Gasteiger partial charge in [-0.3, -0.25) is 4.79 Å². The molecule has 2 fully saturated rings. The number of sulfonamides is 1. The molecule has 1 aliphatic heterocycles. The molecular weight excluding hydrogens is 357 g/mol. The fourth-order valence-corrected chi connectivity index (χ4v) is 4.51. The van der Waals surface area contributed by atoms with Gasteiger partial charge in [-0.15, -0.1) is 0 Å². The van der Waals surface area contributed by atoms with E-state index in [1.54, 1.807) is 4.90 Å². The van der Waals surface area contributed by atoms with Gasteiger partial charge in [-0.25, -0.2) is 8.42 Å². The van der Waals surface area contributed by atoms with Crippen molar-refractivity contribution >= 4 is 15.9 Å². The van der Waals surface area contributed by atoms with Crippen molar-refractivity contribution in [3.8, 4) is 0 Å². The number of halogens is 3. The summed E-state index contributed by atoms with van der Waals surface area (Å²) in [6, 6.07) is 3.75. The predicted octanol–water partition coefficient (Wildman–Crippen LogP) is 2.34. The lowest BCUT2D eigenvalue weighted by Crippen LogP contribution is -2.52. The summed E-state index contributed by atoms with van der Waals surface area (Å²) in [5.74, 6) is 0.106. The fourth-order valence-electron chi connectivity index (χ4n) is 3.04. The molecule has 1 aromatic rings. The Balaban J connectivity index is 1.71. The van der Waals surface area contributed by atoms with Gasteiger partial charge in [-0.1, -0.05) is 12.5 Å². The number of nitrogens with zero attached hydrogens (tertiary/aromatic N) is 2. The van der Waals surface area contributed by atoms with Crippen LogP contribution in [-0.4, -0.2) is 49.7 Å². The zero-order chi connectivity index (χ0) is 18.2. The first-order valence-electron chi connectivity index (χ1n) is 8.16. The molecule has 1 heterocycles. The van der Waals surface area contributed by atoms with Crippen LogP contribution in [-0.2, 0) is 21.0 Å². The average molecular weight is 376 g/mol. The summed E-state index contributed by atoms with van der Waals surface area (Å²) < 4.78 is 64.7. The van der Waals surface area contributed by atoms with Gasteiger partial charge >= 0.3 is 6.18 Å². The van der Waals surface area contributed by atoms with E-state index in [0.717, 1.165) is 41.8 Å². The minimum absolute atomic E-state index is 0.0478. The largest absolute Gasteiger partial charge is 0.416 e. The molecule has 0 bridgehead atoms. The van der Waals surface area contributed by atoms with Crippen LogP contribution >= 0.6 is 0 Å². The van der Waals surface area contributed by atoms with Crippen molar-refractivity contribution < 1.29 is 26.4 Å². The molecule has 0 spiro atoms. The second-order valence-corrected chi connectivity index (χ2v) is 8.32. The number of hydrogen-bond acceptors (Lipinski definition) is 3. The molecule has 25 heavy (non-hydrogen) atoms. The van der Waals surface area contributed by atoms with Crippen LogP contribution in [0.5, 0.6) is 0 Å². The summed E-state index contributed by atoms with van der Waals surface area (Å²) >= 11 is 0. The summed E-state index contributed by atoms with van der Waals surface area (Å²) in [5.41, 5.74) is -0.993. The Labute approximate surface area is 144 Å². The van der Waals surface area contributed by atoms with Gasteiger partial charge in [0.25, 0.3) is 0 Å². The van der Waals surface area contributed by atoms with Crippen molar-refractivity contribution in [3.05, 3.63) is 29.8 Å². The van der Waals surface area contributed by atoms with Crippen LogP contribution in [0.25, 0.3) is 0 Å². The highest BCUT2D eigenvalue weighted by molar-refractivity contribution is 7.89. The van der Waals surface area contributed by atoms with Crippen LogP contribution in [0.2, 0.25) is 0 Å². The van der Waals surface area contributed by atoms with Gasteiger partial charge in [-0.2, -0.15) is 17.5 Å². The van der Waals surface area contributed by atoms with E-state index >= 15 is 0 Å². The Morgan fingerprint density at radius 1 is 1.08 bits per heavy atom. The molecule has 0 aromatic heterocycles. The van der Waals surface area contributed by atoms with Gasteiger partial charge in [0.15, 0.2) is 0 Å². The average Bonchev–Trinajstić information content (AvgIpc) is 2.52. The number of amides is 1. The van der Waals surface area contributed by atoms with Gasteiger partial charge in [0, 0.05) is 32.1 Å². The highest BCUT2D eigenvalue weighted by Gasteiger charge is 2.36. The van der Waals surface area contributed by atoms with E-state index in [1.165, 1.54) is 0 Å². The molecule has 1 aliphatic carbocycles. The Morgan fingerprint density at radius 2 is 1.72 bits per heavy atom. The number of alkyl halides is 3. The SMILES string of the molecule is O=C(C1CCC1)N1CCN(S(=O)(=O)c2cccc(C(F)(F)F)c2)CC1. The second kappa shape index (κ2) is 6.60. The molecule has 0 N–H and O–H groups in total. The number of carbonyl (C=O) groups excluding carboxylic acids is 1. The Hall–Kier alpha value is -1.61. The number of benzene rings is 1. The predicted molar refractivity (Wildman–Crippen MR) is 84.1 cm³/mol. The minimum atomic E-state index is -4.60. The minimum Gasteiger partial charge on any atom is -0.340 e. The lowest BCUT2D eigenvalue weighted by molar-refractivity contribution is -0.139. The highest BCUT2D eigenvalue weighted by atomic mass is 32.2. The van der Waals surface area contributed by atoms with Crippen molar-refractivity contribution in [2.24, 2.45) is 5.92 Å². The zero-order valence-electron chi connectivity index (χ0n) is 13.5. The van der Waals surface area contributed by atoms with Gasteiger partial charge in [0.1, 0.15) is 0 Å². The van der Waals surface area contributed by atoms with Crippen LogP contribution in [0.15, 0.2) is 29.2 Å². The first-order valence-corrected chi connectivity index (χ1v) is 9.60. The van der Waals surface area contributed by atoms with Crippen LogP contribution in [0.4, 0.5) is 13.2 Å². The van der Waals surface area contributed by atoms with Crippen LogP contribution in [0, 0.1) is 5.92 Å². The van der Waals surface area contributed by atoms with Gasteiger partial charge in [0.05, 0.1) is 10.5 Å². The molecule has 9 heteroatoms. The normalized spacial score (nSPS) is 20.4. The van der Waals surface area contributed by atoms with E-state index in [0.29, 0.717) is 6.07 Å². The van der Waals surface area contributed by atoms with E-state index in [4.69, 9.17) is 0 Å². The maximum absolute atomic E-state index is 12.8. The van der Waals surface area contributed by atoms with Gasteiger partial charge in [0.2, 0.25) is 15.9 Å². The van der Waals surface area contributed by atoms with Crippen LogP contribution in [0.1, 0.15) is 24.8 Å². The monoisotopic (exact) mass is 376 g/mol. The smallest absolute Gasteiger partial charge is 0.340 e. The Kier molecular flexibility index (Phi) is 4.80. The van der Waals surface area contributed by atoms with E-state index in [2.05, 4.69) is 0 Å². The lowest BCUT2D eigenvalue weighted by Gasteiger charge is -2.37. The van der Waals surface area contributed by atoms with E-state index in [1.807, 2.05) is 0 Å². The summed E-state index contributed by atoms with van der Waals surface area (Å²) in [6.07, 6.45) is -1.80. The molecule has 0 radical (unpaired) electrons. The second-order valence-electron chi connectivity index (χ2n) is 6.38. The summed E-state index contributed by atoms with van der Waals surface area (Å²) in [5, 5.41) is 0. The van der Waals surface area contributed by atoms with Crippen molar-refractivity contribution in [1.29, 1.82) is 0 Å². The molecule has 1 saturated heterocycles. The molecule has 5 nitrogen and oxygen atoms in total. The number of carbonyl (C=O) groups is 1. The third-order valence-corrected chi connectivity index (χ3v) is 6.70. The maximum Gasteiger partial charge on any atom is 0.416 e. The number of rotatable bonds is 3. The lowest BCUT2D eigenvalue weighted by atomic mass is 9.84. The summed E-state index contributed by atoms with van der Waals surface area (Å²) in [4.78, 5) is 13.5. The van der Waals surface area contributed by atoms with Gasteiger partial charge < -0.3 is 4.90 Å². The molecule has 3 rings (SSSR count). The Bertz CT molecular complexity index is 752. The zero-order valence-corrected chi connectivity index (χ0v) is 14.3. The topological polar surface area (TPSA) is 57.7 Å². The molecule has 138 valence electrons. The van der Waals surface area contributed by atoms with Crippen molar-refractivity contribution in [2.75, 3.05) is 26.2 Å². The molecule has 1 amide bonds. The molecule has 2 aliphatic rings. The van der Waals surface area contributed by atoms with E-state index < -0.39 is 21.8 Å². The standard InChI is InChI=1S/C16H19F3N2O3S/c17-16(18,19)13-5-2-6-14(11-13)25(23,24)21-9-7-20(8-10-21)15(22)12-3-1-4-12/h2,5-6,11-12H,1,3-4,7-10H2. The molecule has 1 saturated carbocycles. The highest BCUT2D eigenvalue weighted by Crippen LogP contribution is 2.32. The molecule has 1 aromatic carbocycles. The first-order chi connectivity index (χ1) is 11.7. The third-order valence-electron chi connectivity index (χ3n) is 4.80. The number of piperazine rings is 1. The Morgan fingerprint density at radius 3 is 2.24 bits per heavy atom. The van der Waals surface area contributed by atoms with Crippen molar-refractivity contribution in [1.82, 2.24) is 9.21 Å². The number of hydrogen-bond donors (Lipinski definition) is 0. The van der Waals surface area contributed by atoms with Crippen molar-refractivity contribution in [2.45, 2.75) is 30.3 Å². The van der Waals surface area contributed by atoms with E-state index in [9.17, 15) is 26.4 Å². The van der Waals surface area contributed by atoms with Crippen LogP contribution < -0.4 is 0 Å². The quantitative estimate of drug-likeness (QED) is 0.814. The third kappa shape index (κ3) is 3.67. The van der Waals surface area contributed by atoms with E-state index in [-0.39, 0.29) is 42.9 Å². The molecule has 0 atom stereocenters. The molecule has 0 unspecified atom stereocenters. The summed E-state index contributed by atoms with van der Waals surface area (Å²) in [6.45, 7) is 0.731.